The average Bonchev–Trinajstić information content (AvgIpc) is 3.01. The Kier molecular flexibility index (Phi) is 5.39. The van der Waals surface area contributed by atoms with Gasteiger partial charge in [-0.1, -0.05) is 19.9 Å². The topological polar surface area (TPSA) is 15.3 Å². The van der Waals surface area contributed by atoms with E-state index in [0.717, 1.165) is 18.4 Å². The fourth-order valence-electron chi connectivity index (χ4n) is 4.13. The Morgan fingerprint density at radius 3 is 2.33 bits per heavy atom. The van der Waals surface area contributed by atoms with Crippen LogP contribution in [0.5, 0.6) is 0 Å². The molecule has 0 aliphatic carbocycles. The van der Waals surface area contributed by atoms with Crippen molar-refractivity contribution in [2.75, 3.05) is 20.1 Å². The monoisotopic (exact) mass is 292 g/mol. The minimum Gasteiger partial charge on any atom is -0.311 e. The molecule has 1 heterocycles. The molecule has 118 valence electrons. The van der Waals surface area contributed by atoms with Gasteiger partial charge in [-0.15, -0.1) is 0 Å². The second-order valence-electron chi connectivity index (χ2n) is 6.23. The molecule has 1 unspecified atom stereocenters. The van der Waals surface area contributed by atoms with Gasteiger partial charge in [0, 0.05) is 5.54 Å². The second kappa shape index (κ2) is 6.89. The largest absolute Gasteiger partial charge is 0.311 e. The molecule has 1 aliphatic heterocycles. The maximum absolute atomic E-state index is 13.4. The maximum Gasteiger partial charge on any atom is 0.123 e. The average molecular weight is 292 g/mol. The van der Waals surface area contributed by atoms with E-state index in [1.807, 2.05) is 20.0 Å². The van der Waals surface area contributed by atoms with Crippen LogP contribution in [-0.4, -0.2) is 30.6 Å². The summed E-state index contributed by atoms with van der Waals surface area (Å²) in [5, 5.41) is 3.53. The molecule has 2 rings (SSSR count). The highest BCUT2D eigenvalue weighted by atomic mass is 19.1. The molecule has 3 heteroatoms. The first-order chi connectivity index (χ1) is 10.1. The number of likely N-dealkylation sites (tertiary alicyclic amines) is 1. The van der Waals surface area contributed by atoms with Gasteiger partial charge in [0.05, 0.1) is 6.04 Å². The summed E-state index contributed by atoms with van der Waals surface area (Å²) in [6.45, 7) is 8.94. The molecule has 1 aliphatic rings. The van der Waals surface area contributed by atoms with Crippen LogP contribution in [0.1, 0.15) is 56.7 Å². The standard InChI is InChI=1S/C18H29FN2/c1-5-18(6-2,21-11-7-8-12-21)17(20-4)16-10-9-15(19)13-14(16)3/h9-10,13,17,20H,5-8,11-12H2,1-4H3. The zero-order chi connectivity index (χ0) is 15.5. The highest BCUT2D eigenvalue weighted by Crippen LogP contribution is 2.40. The highest BCUT2D eigenvalue weighted by Gasteiger charge is 2.42. The number of benzene rings is 1. The fraction of sp³-hybridized carbons (Fsp3) is 0.667. The smallest absolute Gasteiger partial charge is 0.123 e. The number of halogens is 1. The van der Waals surface area contributed by atoms with Crippen LogP contribution in [0.2, 0.25) is 0 Å². The summed E-state index contributed by atoms with van der Waals surface area (Å²) >= 11 is 0. The van der Waals surface area contributed by atoms with Crippen LogP contribution >= 0.6 is 0 Å². The van der Waals surface area contributed by atoms with Gasteiger partial charge in [0.25, 0.3) is 0 Å². The number of aryl methyl sites for hydroxylation is 1. The van der Waals surface area contributed by atoms with Gasteiger partial charge in [-0.2, -0.15) is 0 Å². The third-order valence-electron chi connectivity index (χ3n) is 5.33. The van der Waals surface area contributed by atoms with Crippen molar-refractivity contribution in [3.8, 4) is 0 Å². The molecule has 1 aromatic rings. The first-order valence-corrected chi connectivity index (χ1v) is 8.27. The molecule has 1 aromatic carbocycles. The van der Waals surface area contributed by atoms with E-state index in [1.54, 1.807) is 12.1 Å². The Morgan fingerprint density at radius 2 is 1.86 bits per heavy atom. The van der Waals surface area contributed by atoms with E-state index in [1.165, 1.54) is 31.5 Å². The molecule has 1 N–H and O–H groups in total. The Morgan fingerprint density at radius 1 is 1.24 bits per heavy atom. The molecule has 21 heavy (non-hydrogen) atoms. The molecule has 0 radical (unpaired) electrons. The summed E-state index contributed by atoms with van der Waals surface area (Å²) in [6, 6.07) is 5.44. The van der Waals surface area contributed by atoms with E-state index in [2.05, 4.69) is 24.1 Å². The number of likely N-dealkylation sites (N-methyl/N-ethyl adjacent to an activating group) is 1. The number of rotatable bonds is 6. The van der Waals surface area contributed by atoms with Crippen molar-refractivity contribution in [3.05, 3.63) is 35.1 Å². The Labute approximate surface area is 128 Å². The number of hydrogen-bond acceptors (Lipinski definition) is 2. The summed E-state index contributed by atoms with van der Waals surface area (Å²) in [7, 11) is 2.03. The molecule has 0 aromatic heterocycles. The third kappa shape index (κ3) is 3.00. The van der Waals surface area contributed by atoms with Crippen LogP contribution in [0.25, 0.3) is 0 Å². The highest BCUT2D eigenvalue weighted by molar-refractivity contribution is 5.32. The number of hydrogen-bond donors (Lipinski definition) is 1. The van der Waals surface area contributed by atoms with Gasteiger partial charge in [0.2, 0.25) is 0 Å². The van der Waals surface area contributed by atoms with Crippen LogP contribution in [0.4, 0.5) is 4.39 Å². The van der Waals surface area contributed by atoms with Gasteiger partial charge in [0.15, 0.2) is 0 Å². The van der Waals surface area contributed by atoms with Crippen molar-refractivity contribution in [1.82, 2.24) is 10.2 Å². The van der Waals surface area contributed by atoms with Crippen molar-refractivity contribution in [2.24, 2.45) is 0 Å². The van der Waals surface area contributed by atoms with Crippen LogP contribution in [0.3, 0.4) is 0 Å². The summed E-state index contributed by atoms with van der Waals surface area (Å²) in [5.74, 6) is -0.147. The predicted octanol–water partition coefficient (Wildman–Crippen LogP) is 4.05. The lowest BCUT2D eigenvalue weighted by Gasteiger charge is -2.47. The predicted molar refractivity (Wildman–Crippen MR) is 87.1 cm³/mol. The second-order valence-corrected chi connectivity index (χ2v) is 6.23. The molecule has 1 saturated heterocycles. The summed E-state index contributed by atoms with van der Waals surface area (Å²) in [4.78, 5) is 2.65. The van der Waals surface area contributed by atoms with Crippen LogP contribution in [0.15, 0.2) is 18.2 Å². The molecule has 0 spiro atoms. The quantitative estimate of drug-likeness (QED) is 0.851. The van der Waals surface area contributed by atoms with Gasteiger partial charge >= 0.3 is 0 Å². The molecule has 0 saturated carbocycles. The molecule has 1 fully saturated rings. The molecular formula is C18H29FN2. The summed E-state index contributed by atoms with van der Waals surface area (Å²) < 4.78 is 13.4. The maximum atomic E-state index is 13.4. The minimum absolute atomic E-state index is 0.119. The zero-order valence-corrected chi connectivity index (χ0v) is 13.9. The first-order valence-electron chi connectivity index (χ1n) is 8.27. The van der Waals surface area contributed by atoms with Gasteiger partial charge in [-0.3, -0.25) is 4.90 Å². The van der Waals surface area contributed by atoms with Crippen LogP contribution in [-0.2, 0) is 0 Å². The van der Waals surface area contributed by atoms with E-state index in [9.17, 15) is 4.39 Å². The Bertz CT molecular complexity index is 462. The van der Waals surface area contributed by atoms with Crippen LogP contribution in [0, 0.1) is 12.7 Å². The van der Waals surface area contributed by atoms with E-state index in [4.69, 9.17) is 0 Å². The minimum atomic E-state index is -0.147. The normalized spacial score (nSPS) is 18.1. The number of nitrogens with zero attached hydrogens (tertiary/aromatic N) is 1. The van der Waals surface area contributed by atoms with Crippen molar-refractivity contribution in [1.29, 1.82) is 0 Å². The Balaban J connectivity index is 2.44. The lowest BCUT2D eigenvalue weighted by molar-refractivity contribution is 0.0644. The van der Waals surface area contributed by atoms with E-state index in [-0.39, 0.29) is 17.4 Å². The van der Waals surface area contributed by atoms with Gasteiger partial charge < -0.3 is 5.32 Å². The zero-order valence-electron chi connectivity index (χ0n) is 13.9. The fourth-order valence-corrected chi connectivity index (χ4v) is 4.13. The van der Waals surface area contributed by atoms with Gasteiger partial charge in [-0.25, -0.2) is 4.39 Å². The SMILES string of the molecule is CCC(CC)(C(NC)c1ccc(F)cc1C)N1CCCC1. The Hall–Kier alpha value is -0.930. The van der Waals surface area contributed by atoms with Crippen molar-refractivity contribution >= 4 is 0 Å². The molecule has 2 nitrogen and oxygen atoms in total. The van der Waals surface area contributed by atoms with E-state index >= 15 is 0 Å². The molecule has 0 amide bonds. The van der Waals surface area contributed by atoms with Gasteiger partial charge in [-0.05, 0) is 76.0 Å². The summed E-state index contributed by atoms with van der Waals surface area (Å²) in [6.07, 6.45) is 4.79. The molecular weight excluding hydrogens is 263 g/mol. The lowest BCUT2D eigenvalue weighted by Crippen LogP contribution is -2.54. The molecule has 0 bridgehead atoms. The van der Waals surface area contributed by atoms with Crippen molar-refractivity contribution < 1.29 is 4.39 Å². The van der Waals surface area contributed by atoms with Crippen molar-refractivity contribution in [2.45, 2.75) is 58.0 Å². The van der Waals surface area contributed by atoms with Crippen LogP contribution < -0.4 is 5.32 Å². The summed E-state index contributed by atoms with van der Waals surface area (Å²) in [5.41, 5.74) is 2.39. The van der Waals surface area contributed by atoms with E-state index < -0.39 is 0 Å². The first kappa shape index (κ1) is 16.4. The van der Waals surface area contributed by atoms with Gasteiger partial charge in [0.1, 0.15) is 5.82 Å². The van der Waals surface area contributed by atoms with Crippen molar-refractivity contribution in [3.63, 3.8) is 0 Å². The molecule has 1 atom stereocenters. The third-order valence-corrected chi connectivity index (χ3v) is 5.33. The number of nitrogens with one attached hydrogen (secondary N) is 1. The van der Waals surface area contributed by atoms with E-state index in [0.29, 0.717) is 0 Å². The lowest BCUT2D eigenvalue weighted by atomic mass is 9.78.